The number of hydrogen-bond acceptors (Lipinski definition) is 2. The standard InChI is InChI=1S/C10H9ClFNO2/c1-6(10(14)15)5-13-7-2-3-9(12)8(11)4-7/h2-4,13H,1,5H2,(H,14,15). The SMILES string of the molecule is C=C(CNc1ccc(F)c(Cl)c1)C(=O)O. The van der Waals surface area contributed by atoms with E-state index < -0.39 is 11.8 Å². The zero-order valence-electron chi connectivity index (χ0n) is 7.76. The number of hydrogen-bond donors (Lipinski definition) is 2. The molecule has 1 aromatic rings. The summed E-state index contributed by atoms with van der Waals surface area (Å²) in [5.74, 6) is -1.59. The number of carbonyl (C=O) groups is 1. The van der Waals surface area contributed by atoms with Crippen LogP contribution in [0.3, 0.4) is 0 Å². The van der Waals surface area contributed by atoms with Gasteiger partial charge in [0.1, 0.15) is 5.82 Å². The number of nitrogens with one attached hydrogen (secondary N) is 1. The van der Waals surface area contributed by atoms with E-state index in [1.165, 1.54) is 18.2 Å². The molecule has 0 fully saturated rings. The van der Waals surface area contributed by atoms with E-state index in [0.717, 1.165) is 0 Å². The molecule has 0 atom stereocenters. The Morgan fingerprint density at radius 3 is 2.80 bits per heavy atom. The summed E-state index contributed by atoms with van der Waals surface area (Å²) in [4.78, 5) is 10.4. The molecule has 0 unspecified atom stereocenters. The molecule has 0 spiro atoms. The maximum atomic E-state index is 12.8. The molecular weight excluding hydrogens is 221 g/mol. The largest absolute Gasteiger partial charge is 0.478 e. The minimum Gasteiger partial charge on any atom is -0.478 e. The highest BCUT2D eigenvalue weighted by atomic mass is 35.5. The fraction of sp³-hybridized carbons (Fsp3) is 0.100. The van der Waals surface area contributed by atoms with Gasteiger partial charge in [-0.25, -0.2) is 9.18 Å². The zero-order chi connectivity index (χ0) is 11.4. The van der Waals surface area contributed by atoms with Gasteiger partial charge in [0, 0.05) is 17.8 Å². The lowest BCUT2D eigenvalue weighted by molar-refractivity contribution is -0.132. The lowest BCUT2D eigenvalue weighted by Gasteiger charge is -2.06. The Hall–Kier alpha value is -1.55. The molecule has 0 aliphatic rings. The van der Waals surface area contributed by atoms with Crippen molar-refractivity contribution in [2.45, 2.75) is 0 Å². The van der Waals surface area contributed by atoms with E-state index in [1.54, 1.807) is 0 Å². The normalized spacial score (nSPS) is 9.73. The fourth-order valence-corrected chi connectivity index (χ4v) is 1.07. The van der Waals surface area contributed by atoms with E-state index in [9.17, 15) is 9.18 Å². The lowest BCUT2D eigenvalue weighted by Crippen LogP contribution is -2.11. The summed E-state index contributed by atoms with van der Waals surface area (Å²) >= 11 is 5.54. The second kappa shape index (κ2) is 4.79. The Balaban J connectivity index is 2.62. The van der Waals surface area contributed by atoms with E-state index in [0.29, 0.717) is 5.69 Å². The third kappa shape index (κ3) is 3.25. The van der Waals surface area contributed by atoms with Crippen LogP contribution in [0, 0.1) is 5.82 Å². The first kappa shape index (κ1) is 11.5. The average molecular weight is 230 g/mol. The Bertz CT molecular complexity index is 406. The average Bonchev–Trinajstić information content (AvgIpc) is 2.19. The monoisotopic (exact) mass is 229 g/mol. The summed E-state index contributed by atoms with van der Waals surface area (Å²) in [5.41, 5.74) is 0.569. The maximum absolute atomic E-state index is 12.8. The quantitative estimate of drug-likeness (QED) is 0.780. The molecule has 0 bridgehead atoms. The number of anilines is 1. The Labute approximate surface area is 91.2 Å². The lowest BCUT2D eigenvalue weighted by atomic mass is 10.2. The summed E-state index contributed by atoms with van der Waals surface area (Å²) in [6.07, 6.45) is 0. The Kier molecular flexibility index (Phi) is 3.68. The predicted molar refractivity (Wildman–Crippen MR) is 56.7 cm³/mol. The van der Waals surface area contributed by atoms with Crippen LogP contribution in [-0.2, 0) is 4.79 Å². The molecule has 5 heteroatoms. The second-order valence-corrected chi connectivity index (χ2v) is 3.30. The van der Waals surface area contributed by atoms with E-state index in [2.05, 4.69) is 11.9 Å². The highest BCUT2D eigenvalue weighted by Gasteiger charge is 2.04. The van der Waals surface area contributed by atoms with Crippen molar-refractivity contribution in [1.29, 1.82) is 0 Å². The number of halogens is 2. The highest BCUT2D eigenvalue weighted by Crippen LogP contribution is 2.19. The van der Waals surface area contributed by atoms with Crippen molar-refractivity contribution in [3.05, 3.63) is 41.2 Å². The molecule has 80 valence electrons. The van der Waals surface area contributed by atoms with Gasteiger partial charge >= 0.3 is 5.97 Å². The van der Waals surface area contributed by atoms with Crippen molar-refractivity contribution in [2.75, 3.05) is 11.9 Å². The van der Waals surface area contributed by atoms with Gasteiger partial charge in [-0.05, 0) is 18.2 Å². The summed E-state index contributed by atoms with van der Waals surface area (Å²) in [7, 11) is 0. The van der Waals surface area contributed by atoms with Crippen LogP contribution in [0.25, 0.3) is 0 Å². The van der Waals surface area contributed by atoms with Crippen LogP contribution in [0.15, 0.2) is 30.4 Å². The van der Waals surface area contributed by atoms with Crippen molar-refractivity contribution < 1.29 is 14.3 Å². The number of rotatable bonds is 4. The van der Waals surface area contributed by atoms with E-state index in [-0.39, 0.29) is 17.1 Å². The third-order valence-electron chi connectivity index (χ3n) is 1.73. The van der Waals surface area contributed by atoms with Crippen LogP contribution in [0.1, 0.15) is 0 Å². The Morgan fingerprint density at radius 2 is 2.27 bits per heavy atom. The molecule has 3 nitrogen and oxygen atoms in total. The van der Waals surface area contributed by atoms with Gasteiger partial charge in [-0.2, -0.15) is 0 Å². The number of carboxylic acids is 1. The summed E-state index contributed by atoms with van der Waals surface area (Å²) in [6.45, 7) is 3.42. The molecule has 0 saturated heterocycles. The van der Waals surface area contributed by atoms with E-state index in [4.69, 9.17) is 16.7 Å². The molecule has 15 heavy (non-hydrogen) atoms. The maximum Gasteiger partial charge on any atom is 0.332 e. The highest BCUT2D eigenvalue weighted by molar-refractivity contribution is 6.31. The molecule has 0 aliphatic heterocycles. The van der Waals surface area contributed by atoms with Crippen molar-refractivity contribution in [2.24, 2.45) is 0 Å². The van der Waals surface area contributed by atoms with E-state index >= 15 is 0 Å². The first-order valence-corrected chi connectivity index (χ1v) is 4.48. The van der Waals surface area contributed by atoms with Crippen LogP contribution in [0.4, 0.5) is 10.1 Å². The van der Waals surface area contributed by atoms with Crippen LogP contribution < -0.4 is 5.32 Å². The molecule has 2 N–H and O–H groups in total. The third-order valence-corrected chi connectivity index (χ3v) is 2.02. The topological polar surface area (TPSA) is 49.3 Å². The Morgan fingerprint density at radius 1 is 1.60 bits per heavy atom. The molecule has 0 amide bonds. The molecule has 0 radical (unpaired) electrons. The summed E-state index contributed by atoms with van der Waals surface area (Å²) in [5, 5.41) is 11.3. The van der Waals surface area contributed by atoms with Gasteiger partial charge in [-0.3, -0.25) is 0 Å². The van der Waals surface area contributed by atoms with E-state index in [1.807, 2.05) is 0 Å². The minimum absolute atomic E-state index is 0.0130. The van der Waals surface area contributed by atoms with Gasteiger partial charge in [0.15, 0.2) is 0 Å². The van der Waals surface area contributed by atoms with Crippen molar-refractivity contribution in [1.82, 2.24) is 0 Å². The van der Waals surface area contributed by atoms with Crippen molar-refractivity contribution >= 4 is 23.3 Å². The summed E-state index contributed by atoms with van der Waals surface area (Å²) in [6, 6.07) is 4.05. The zero-order valence-corrected chi connectivity index (χ0v) is 8.51. The molecule has 0 saturated carbocycles. The van der Waals surface area contributed by atoms with Crippen molar-refractivity contribution in [3.63, 3.8) is 0 Å². The van der Waals surface area contributed by atoms with Gasteiger partial charge in [-0.15, -0.1) is 0 Å². The first-order chi connectivity index (χ1) is 7.00. The second-order valence-electron chi connectivity index (χ2n) is 2.89. The predicted octanol–water partition coefficient (Wildman–Crippen LogP) is 2.53. The molecule has 1 aromatic carbocycles. The first-order valence-electron chi connectivity index (χ1n) is 4.10. The van der Waals surface area contributed by atoms with Gasteiger partial charge < -0.3 is 10.4 Å². The van der Waals surface area contributed by atoms with Crippen LogP contribution >= 0.6 is 11.6 Å². The van der Waals surface area contributed by atoms with Gasteiger partial charge in [0.2, 0.25) is 0 Å². The fourth-order valence-electron chi connectivity index (χ4n) is 0.890. The smallest absolute Gasteiger partial charge is 0.332 e. The van der Waals surface area contributed by atoms with Crippen molar-refractivity contribution in [3.8, 4) is 0 Å². The van der Waals surface area contributed by atoms with Crippen LogP contribution in [0.2, 0.25) is 5.02 Å². The molecule has 0 aromatic heterocycles. The van der Waals surface area contributed by atoms with Gasteiger partial charge in [0.05, 0.1) is 5.02 Å². The molecule has 0 aliphatic carbocycles. The van der Waals surface area contributed by atoms with Crippen LogP contribution in [-0.4, -0.2) is 17.6 Å². The number of aliphatic carboxylic acids is 1. The minimum atomic E-state index is -1.07. The van der Waals surface area contributed by atoms with Crippen LogP contribution in [0.5, 0.6) is 0 Å². The van der Waals surface area contributed by atoms with Gasteiger partial charge in [-0.1, -0.05) is 18.2 Å². The van der Waals surface area contributed by atoms with Gasteiger partial charge in [0.25, 0.3) is 0 Å². The number of benzene rings is 1. The number of carboxylic acid groups (broad SMARTS) is 1. The summed E-state index contributed by atoms with van der Waals surface area (Å²) < 4.78 is 12.8. The molecule has 0 heterocycles. The molecular formula is C10H9ClFNO2. The molecule has 1 rings (SSSR count).